The maximum atomic E-state index is 12.1. The molecule has 5 nitrogen and oxygen atoms in total. The molecule has 0 aliphatic rings. The van der Waals surface area contributed by atoms with Gasteiger partial charge in [0.1, 0.15) is 11.5 Å². The van der Waals surface area contributed by atoms with E-state index in [1.165, 1.54) is 0 Å². The van der Waals surface area contributed by atoms with Crippen LogP contribution < -0.4 is 20.5 Å². The van der Waals surface area contributed by atoms with E-state index in [1.807, 2.05) is 6.07 Å². The molecule has 110 valence electrons. The van der Waals surface area contributed by atoms with E-state index in [9.17, 15) is 4.79 Å². The van der Waals surface area contributed by atoms with Gasteiger partial charge in [-0.15, -0.1) is 0 Å². The van der Waals surface area contributed by atoms with Crippen molar-refractivity contribution in [1.29, 1.82) is 0 Å². The number of para-hydroxylation sites is 2. The van der Waals surface area contributed by atoms with Crippen LogP contribution in [0.1, 0.15) is 6.92 Å². The number of rotatable bonds is 5. The molecule has 0 aliphatic heterocycles. The molecule has 0 radical (unpaired) electrons. The van der Waals surface area contributed by atoms with Crippen molar-refractivity contribution in [3.8, 4) is 11.5 Å². The summed E-state index contributed by atoms with van der Waals surface area (Å²) in [6, 6.07) is 14.2. The summed E-state index contributed by atoms with van der Waals surface area (Å²) in [7, 11) is 1.58. The zero-order chi connectivity index (χ0) is 15.2. The molecule has 0 aliphatic carbocycles. The Balaban J connectivity index is 2.01. The van der Waals surface area contributed by atoms with E-state index in [1.54, 1.807) is 56.5 Å². The molecule has 0 fully saturated rings. The summed E-state index contributed by atoms with van der Waals surface area (Å²) >= 11 is 0. The quantitative estimate of drug-likeness (QED) is 0.829. The van der Waals surface area contributed by atoms with Crippen LogP contribution in [0.4, 0.5) is 11.4 Å². The Morgan fingerprint density at radius 2 is 1.86 bits per heavy atom. The number of benzene rings is 2. The molecular weight excluding hydrogens is 268 g/mol. The summed E-state index contributed by atoms with van der Waals surface area (Å²) < 4.78 is 10.7. The summed E-state index contributed by atoms with van der Waals surface area (Å²) in [6.07, 6.45) is -0.656. The molecule has 5 heteroatoms. The summed E-state index contributed by atoms with van der Waals surface area (Å²) in [5.74, 6) is 0.973. The van der Waals surface area contributed by atoms with E-state index in [0.29, 0.717) is 22.9 Å². The van der Waals surface area contributed by atoms with Crippen LogP contribution in [0.5, 0.6) is 11.5 Å². The van der Waals surface area contributed by atoms with Gasteiger partial charge in [-0.25, -0.2) is 0 Å². The molecule has 2 rings (SSSR count). The van der Waals surface area contributed by atoms with Crippen molar-refractivity contribution in [2.24, 2.45) is 0 Å². The molecule has 0 bridgehead atoms. The number of hydrogen-bond donors (Lipinski definition) is 2. The second kappa shape index (κ2) is 6.65. The minimum Gasteiger partial charge on any atom is -0.497 e. The fourth-order valence-electron chi connectivity index (χ4n) is 1.78. The summed E-state index contributed by atoms with van der Waals surface area (Å²) in [5.41, 5.74) is 6.87. The molecule has 21 heavy (non-hydrogen) atoms. The number of anilines is 2. The Hall–Kier alpha value is -2.69. The minimum atomic E-state index is -0.656. The molecule has 0 saturated carbocycles. The minimum absolute atomic E-state index is 0.268. The maximum absolute atomic E-state index is 12.1. The average molecular weight is 286 g/mol. The van der Waals surface area contributed by atoms with Crippen molar-refractivity contribution in [1.82, 2.24) is 0 Å². The van der Waals surface area contributed by atoms with Crippen molar-refractivity contribution in [2.75, 3.05) is 18.2 Å². The molecule has 2 aromatic carbocycles. The Kier molecular flexibility index (Phi) is 4.66. The van der Waals surface area contributed by atoms with Gasteiger partial charge >= 0.3 is 0 Å². The van der Waals surface area contributed by atoms with Gasteiger partial charge < -0.3 is 20.5 Å². The van der Waals surface area contributed by atoms with Gasteiger partial charge in [-0.2, -0.15) is 0 Å². The lowest BCUT2D eigenvalue weighted by atomic mass is 10.2. The first kappa shape index (κ1) is 14.7. The molecule has 2 aromatic rings. The number of nitrogens with two attached hydrogens (primary N) is 1. The average Bonchev–Trinajstić information content (AvgIpc) is 2.49. The van der Waals surface area contributed by atoms with Gasteiger partial charge in [-0.3, -0.25) is 4.79 Å². The lowest BCUT2D eigenvalue weighted by molar-refractivity contribution is -0.122. The van der Waals surface area contributed by atoms with Crippen LogP contribution in [0.15, 0.2) is 48.5 Å². The molecule has 1 unspecified atom stereocenters. The van der Waals surface area contributed by atoms with E-state index in [2.05, 4.69) is 5.32 Å². The van der Waals surface area contributed by atoms with Crippen molar-refractivity contribution in [3.63, 3.8) is 0 Å². The summed E-state index contributed by atoms with van der Waals surface area (Å²) in [6.45, 7) is 1.67. The number of hydrogen-bond acceptors (Lipinski definition) is 4. The number of ether oxygens (including phenoxy) is 2. The number of nitrogens with one attached hydrogen (secondary N) is 1. The third-order valence-electron chi connectivity index (χ3n) is 2.94. The smallest absolute Gasteiger partial charge is 0.265 e. The number of nitrogen functional groups attached to an aromatic ring is 1. The first-order valence-corrected chi connectivity index (χ1v) is 6.56. The third kappa shape index (κ3) is 3.89. The van der Waals surface area contributed by atoms with E-state index < -0.39 is 6.10 Å². The molecule has 3 N–H and O–H groups in total. The lowest BCUT2D eigenvalue weighted by Gasteiger charge is -2.16. The Morgan fingerprint density at radius 3 is 2.57 bits per heavy atom. The molecule has 0 spiro atoms. The highest BCUT2D eigenvalue weighted by Gasteiger charge is 2.16. The van der Waals surface area contributed by atoms with Crippen LogP contribution in [0.3, 0.4) is 0 Å². The highest BCUT2D eigenvalue weighted by atomic mass is 16.5. The Bertz CT molecular complexity index is 628. The van der Waals surface area contributed by atoms with E-state index >= 15 is 0 Å². The Labute approximate surface area is 123 Å². The predicted molar refractivity (Wildman–Crippen MR) is 82.6 cm³/mol. The van der Waals surface area contributed by atoms with Crippen LogP contribution in [0, 0.1) is 0 Å². The van der Waals surface area contributed by atoms with Crippen LogP contribution in [-0.2, 0) is 4.79 Å². The second-order valence-electron chi connectivity index (χ2n) is 4.52. The van der Waals surface area contributed by atoms with E-state index in [4.69, 9.17) is 15.2 Å². The predicted octanol–water partition coefficient (Wildman–Crippen LogP) is 2.68. The largest absolute Gasteiger partial charge is 0.497 e. The van der Waals surface area contributed by atoms with Crippen LogP contribution >= 0.6 is 0 Å². The SMILES string of the molecule is COc1cccc(OC(C)C(=O)Nc2ccccc2N)c1. The monoisotopic (exact) mass is 286 g/mol. The van der Waals surface area contributed by atoms with Gasteiger partial charge in [0.25, 0.3) is 5.91 Å². The summed E-state index contributed by atoms with van der Waals surface area (Å²) in [5, 5.41) is 2.74. The first-order chi connectivity index (χ1) is 10.1. The van der Waals surface area contributed by atoms with E-state index in [0.717, 1.165) is 0 Å². The zero-order valence-electron chi connectivity index (χ0n) is 12.0. The molecule has 0 heterocycles. The molecular formula is C16H18N2O3. The van der Waals surface area contributed by atoms with Crippen LogP contribution in [0.2, 0.25) is 0 Å². The van der Waals surface area contributed by atoms with Crippen LogP contribution in [-0.4, -0.2) is 19.1 Å². The van der Waals surface area contributed by atoms with Crippen molar-refractivity contribution >= 4 is 17.3 Å². The van der Waals surface area contributed by atoms with Gasteiger partial charge in [-0.05, 0) is 31.2 Å². The number of amides is 1. The number of carbonyl (C=O) groups is 1. The van der Waals surface area contributed by atoms with Crippen LogP contribution in [0.25, 0.3) is 0 Å². The zero-order valence-corrected chi connectivity index (χ0v) is 12.0. The standard InChI is InChI=1S/C16H18N2O3/c1-11(21-13-7-5-6-12(10-13)20-2)16(19)18-15-9-4-3-8-14(15)17/h3-11H,17H2,1-2H3,(H,18,19). The molecule has 1 amide bonds. The van der Waals surface area contributed by atoms with Gasteiger partial charge in [0.05, 0.1) is 18.5 Å². The van der Waals surface area contributed by atoms with Gasteiger partial charge in [0, 0.05) is 6.07 Å². The van der Waals surface area contributed by atoms with Crippen molar-refractivity contribution in [2.45, 2.75) is 13.0 Å². The highest BCUT2D eigenvalue weighted by molar-refractivity contribution is 5.96. The second-order valence-corrected chi connectivity index (χ2v) is 4.52. The molecule has 1 atom stereocenters. The fraction of sp³-hybridized carbons (Fsp3) is 0.188. The van der Waals surface area contributed by atoms with Crippen molar-refractivity contribution < 1.29 is 14.3 Å². The Morgan fingerprint density at radius 1 is 1.14 bits per heavy atom. The van der Waals surface area contributed by atoms with E-state index in [-0.39, 0.29) is 5.91 Å². The van der Waals surface area contributed by atoms with Crippen molar-refractivity contribution in [3.05, 3.63) is 48.5 Å². The van der Waals surface area contributed by atoms with Gasteiger partial charge in [0.15, 0.2) is 6.10 Å². The molecule has 0 aromatic heterocycles. The molecule has 0 saturated heterocycles. The normalized spacial score (nSPS) is 11.5. The van der Waals surface area contributed by atoms with Gasteiger partial charge in [-0.1, -0.05) is 18.2 Å². The first-order valence-electron chi connectivity index (χ1n) is 6.56. The summed E-state index contributed by atoms with van der Waals surface area (Å²) in [4.78, 5) is 12.1. The highest BCUT2D eigenvalue weighted by Crippen LogP contribution is 2.21. The third-order valence-corrected chi connectivity index (χ3v) is 2.94. The topological polar surface area (TPSA) is 73.6 Å². The van der Waals surface area contributed by atoms with Gasteiger partial charge in [0.2, 0.25) is 0 Å². The maximum Gasteiger partial charge on any atom is 0.265 e. The number of methoxy groups -OCH3 is 1. The fourth-order valence-corrected chi connectivity index (χ4v) is 1.78. The lowest BCUT2D eigenvalue weighted by Crippen LogP contribution is -2.30. The number of carbonyl (C=O) groups excluding carboxylic acids is 1.